The Hall–Kier alpha value is -1.92. The Bertz CT molecular complexity index is 751. The molecule has 0 saturated heterocycles. The minimum absolute atomic E-state index is 0.136. The fourth-order valence-corrected chi connectivity index (χ4v) is 4.20. The third-order valence-electron chi connectivity index (χ3n) is 3.42. The predicted octanol–water partition coefficient (Wildman–Crippen LogP) is 1.21. The molecular formula is C15H18N2O3S. The predicted molar refractivity (Wildman–Crippen MR) is 82.4 cm³/mol. The van der Waals surface area contributed by atoms with E-state index in [4.69, 9.17) is 11.5 Å². The Morgan fingerprint density at radius 1 is 1.10 bits per heavy atom. The molecule has 0 aliphatic heterocycles. The summed E-state index contributed by atoms with van der Waals surface area (Å²) in [4.78, 5) is 11.7. The quantitative estimate of drug-likeness (QED) is 0.837. The highest BCUT2D eigenvalue weighted by Gasteiger charge is 2.32. The number of fused-ring (bicyclic) bond motifs is 1. The molecule has 1 atom stereocenters. The summed E-state index contributed by atoms with van der Waals surface area (Å²) >= 11 is 0. The van der Waals surface area contributed by atoms with E-state index in [1.54, 1.807) is 18.2 Å². The van der Waals surface area contributed by atoms with Gasteiger partial charge in [0.15, 0.2) is 9.84 Å². The van der Waals surface area contributed by atoms with Crippen molar-refractivity contribution in [1.82, 2.24) is 0 Å². The minimum atomic E-state index is -3.83. The van der Waals surface area contributed by atoms with Crippen LogP contribution in [0.1, 0.15) is 12.8 Å². The number of rotatable bonds is 6. The second kappa shape index (κ2) is 6.24. The van der Waals surface area contributed by atoms with Crippen LogP contribution in [-0.2, 0) is 14.6 Å². The second-order valence-electron chi connectivity index (χ2n) is 4.84. The van der Waals surface area contributed by atoms with Gasteiger partial charge in [-0.3, -0.25) is 4.79 Å². The summed E-state index contributed by atoms with van der Waals surface area (Å²) in [7, 11) is -3.83. The van der Waals surface area contributed by atoms with Gasteiger partial charge < -0.3 is 11.5 Å². The van der Waals surface area contributed by atoms with Gasteiger partial charge in [-0.1, -0.05) is 36.4 Å². The van der Waals surface area contributed by atoms with Crippen LogP contribution in [0.25, 0.3) is 10.8 Å². The lowest BCUT2D eigenvalue weighted by atomic mass is 10.1. The average Bonchev–Trinajstić information content (AvgIpc) is 2.46. The van der Waals surface area contributed by atoms with Crippen LogP contribution in [0.4, 0.5) is 0 Å². The van der Waals surface area contributed by atoms with Crippen LogP contribution in [0, 0.1) is 0 Å². The summed E-state index contributed by atoms with van der Waals surface area (Å²) in [6.45, 7) is 0.314. The van der Waals surface area contributed by atoms with Gasteiger partial charge in [-0.05, 0) is 30.8 Å². The monoisotopic (exact) mass is 306 g/mol. The molecule has 0 aliphatic rings. The molecule has 2 aromatic carbocycles. The van der Waals surface area contributed by atoms with Crippen LogP contribution in [0.5, 0.6) is 0 Å². The molecule has 21 heavy (non-hydrogen) atoms. The molecular weight excluding hydrogens is 288 g/mol. The number of nitrogens with two attached hydrogens (primary N) is 2. The van der Waals surface area contributed by atoms with E-state index < -0.39 is 21.0 Å². The van der Waals surface area contributed by atoms with Crippen LogP contribution >= 0.6 is 0 Å². The van der Waals surface area contributed by atoms with Crippen molar-refractivity contribution in [2.24, 2.45) is 11.5 Å². The number of primary amides is 1. The van der Waals surface area contributed by atoms with Gasteiger partial charge in [0, 0.05) is 5.39 Å². The maximum Gasteiger partial charge on any atom is 0.236 e. The van der Waals surface area contributed by atoms with Gasteiger partial charge in [0.25, 0.3) is 0 Å². The maximum absolute atomic E-state index is 12.8. The largest absolute Gasteiger partial charge is 0.369 e. The highest BCUT2D eigenvalue weighted by Crippen LogP contribution is 2.27. The van der Waals surface area contributed by atoms with Crippen LogP contribution in [0.3, 0.4) is 0 Å². The van der Waals surface area contributed by atoms with E-state index in [2.05, 4.69) is 0 Å². The maximum atomic E-state index is 12.8. The van der Waals surface area contributed by atoms with Crippen molar-refractivity contribution in [3.63, 3.8) is 0 Å². The van der Waals surface area contributed by atoms with Crippen molar-refractivity contribution in [1.29, 1.82) is 0 Å². The molecule has 5 nitrogen and oxygen atoms in total. The summed E-state index contributed by atoms with van der Waals surface area (Å²) < 4.78 is 25.5. The van der Waals surface area contributed by atoms with Crippen molar-refractivity contribution in [3.8, 4) is 0 Å². The van der Waals surface area contributed by atoms with Gasteiger partial charge >= 0.3 is 0 Å². The fraction of sp³-hybridized carbons (Fsp3) is 0.267. The number of amides is 1. The van der Waals surface area contributed by atoms with Gasteiger partial charge in [-0.15, -0.1) is 0 Å². The smallest absolute Gasteiger partial charge is 0.236 e. The van der Waals surface area contributed by atoms with E-state index in [1.807, 2.05) is 18.2 Å². The lowest BCUT2D eigenvalue weighted by Crippen LogP contribution is -2.36. The molecule has 0 spiro atoms. The molecule has 0 aliphatic carbocycles. The van der Waals surface area contributed by atoms with Crippen molar-refractivity contribution < 1.29 is 13.2 Å². The van der Waals surface area contributed by atoms with E-state index in [0.717, 1.165) is 5.39 Å². The number of hydrogen-bond acceptors (Lipinski definition) is 4. The van der Waals surface area contributed by atoms with Crippen LogP contribution in [0.2, 0.25) is 0 Å². The summed E-state index contributed by atoms with van der Waals surface area (Å²) in [5.74, 6) is -0.837. The first-order valence-electron chi connectivity index (χ1n) is 6.69. The van der Waals surface area contributed by atoms with Crippen molar-refractivity contribution >= 4 is 26.5 Å². The van der Waals surface area contributed by atoms with Crippen molar-refractivity contribution in [3.05, 3.63) is 42.5 Å². The molecule has 0 bridgehead atoms. The molecule has 2 rings (SSSR count). The summed E-state index contributed by atoms with van der Waals surface area (Å²) in [5, 5.41) is 0.159. The highest BCUT2D eigenvalue weighted by atomic mass is 32.2. The molecule has 1 unspecified atom stereocenters. The second-order valence-corrected chi connectivity index (χ2v) is 6.94. The number of carbonyl (C=O) groups excluding carboxylic acids is 1. The zero-order valence-corrected chi connectivity index (χ0v) is 12.3. The molecule has 6 heteroatoms. The molecule has 0 aromatic heterocycles. The van der Waals surface area contributed by atoms with Crippen LogP contribution < -0.4 is 11.5 Å². The summed E-state index contributed by atoms with van der Waals surface area (Å²) in [6, 6.07) is 12.1. The van der Waals surface area contributed by atoms with Gasteiger partial charge in [0.05, 0.1) is 4.90 Å². The van der Waals surface area contributed by atoms with E-state index in [-0.39, 0.29) is 11.3 Å². The van der Waals surface area contributed by atoms with Gasteiger partial charge in [0.1, 0.15) is 5.25 Å². The normalized spacial score (nSPS) is 13.2. The zero-order valence-electron chi connectivity index (χ0n) is 11.5. The first kappa shape index (κ1) is 15.5. The van der Waals surface area contributed by atoms with Crippen molar-refractivity contribution in [2.45, 2.75) is 23.0 Å². The van der Waals surface area contributed by atoms with E-state index in [0.29, 0.717) is 18.4 Å². The molecule has 112 valence electrons. The first-order valence-corrected chi connectivity index (χ1v) is 8.24. The standard InChI is InChI=1S/C15H18N2O3S/c16-10-4-9-14(15(17)18)21(19,20)13-8-3-6-11-5-1-2-7-12(11)13/h1-3,5-8,14H,4,9-10,16H2,(H2,17,18). The third-order valence-corrected chi connectivity index (χ3v) is 5.60. The number of sulfone groups is 1. The Balaban J connectivity index is 2.57. The average molecular weight is 306 g/mol. The minimum Gasteiger partial charge on any atom is -0.369 e. The molecule has 0 heterocycles. The van der Waals surface area contributed by atoms with Crippen LogP contribution in [0.15, 0.2) is 47.4 Å². The van der Waals surface area contributed by atoms with Gasteiger partial charge in [0.2, 0.25) is 5.91 Å². The van der Waals surface area contributed by atoms with E-state index in [9.17, 15) is 13.2 Å². The lowest BCUT2D eigenvalue weighted by Gasteiger charge is -2.15. The molecule has 2 aromatic rings. The Labute approximate surface area is 123 Å². The zero-order chi connectivity index (χ0) is 15.5. The molecule has 4 N–H and O–H groups in total. The SMILES string of the molecule is NCCCC(C(N)=O)S(=O)(=O)c1cccc2ccccc12. The van der Waals surface area contributed by atoms with E-state index in [1.165, 1.54) is 6.07 Å². The summed E-state index contributed by atoms with van der Waals surface area (Å²) in [5.41, 5.74) is 10.7. The highest BCUT2D eigenvalue weighted by molar-refractivity contribution is 7.93. The molecule has 0 saturated carbocycles. The van der Waals surface area contributed by atoms with Crippen molar-refractivity contribution in [2.75, 3.05) is 6.54 Å². The van der Waals surface area contributed by atoms with Gasteiger partial charge in [-0.25, -0.2) is 8.42 Å². The molecule has 0 radical (unpaired) electrons. The van der Waals surface area contributed by atoms with Crippen LogP contribution in [-0.4, -0.2) is 26.1 Å². The molecule has 0 fully saturated rings. The number of benzene rings is 2. The Morgan fingerprint density at radius 3 is 2.43 bits per heavy atom. The lowest BCUT2D eigenvalue weighted by molar-refractivity contribution is -0.117. The van der Waals surface area contributed by atoms with E-state index >= 15 is 0 Å². The summed E-state index contributed by atoms with van der Waals surface area (Å²) in [6.07, 6.45) is 0.564. The topological polar surface area (TPSA) is 103 Å². The Morgan fingerprint density at radius 2 is 1.76 bits per heavy atom. The van der Waals surface area contributed by atoms with Gasteiger partial charge in [-0.2, -0.15) is 0 Å². The number of hydrogen-bond donors (Lipinski definition) is 2. The number of carbonyl (C=O) groups is 1. The Kier molecular flexibility index (Phi) is 4.59. The molecule has 1 amide bonds. The fourth-order valence-electron chi connectivity index (χ4n) is 2.35. The third kappa shape index (κ3) is 3.06. The first-order chi connectivity index (χ1) is 9.98.